The summed E-state index contributed by atoms with van der Waals surface area (Å²) in [4.78, 5) is 22.8. The van der Waals surface area contributed by atoms with Crippen molar-refractivity contribution in [2.24, 2.45) is 0 Å². The van der Waals surface area contributed by atoms with Crippen molar-refractivity contribution in [2.45, 2.75) is 58.3 Å². The van der Waals surface area contributed by atoms with Crippen molar-refractivity contribution in [3.63, 3.8) is 0 Å². The quantitative estimate of drug-likeness (QED) is 0.525. The second-order valence-corrected chi connectivity index (χ2v) is 5.31. The number of unbranched alkanes of at least 4 members (excludes halogenated alkanes) is 6. The van der Waals surface area contributed by atoms with Crippen LogP contribution in [0.5, 0.6) is 5.75 Å². The van der Waals surface area contributed by atoms with Crippen molar-refractivity contribution in [1.29, 1.82) is 0 Å². The molecule has 4 heteroatoms. The van der Waals surface area contributed by atoms with Crippen LogP contribution >= 0.6 is 0 Å². The molecule has 0 unspecified atom stereocenters. The molecular formula is C17H23O4-. The van der Waals surface area contributed by atoms with Crippen LogP contribution in [-0.2, 0) is 0 Å². The molecule has 0 aliphatic carbocycles. The summed E-state index contributed by atoms with van der Waals surface area (Å²) >= 11 is 0. The lowest BCUT2D eigenvalue weighted by atomic mass is 10.0. The van der Waals surface area contributed by atoms with Gasteiger partial charge in [-0.15, -0.1) is 0 Å². The molecule has 1 rings (SSSR count). The Bertz CT molecular complexity index is 480. The maximum atomic E-state index is 12.0. The maximum Gasteiger partial charge on any atom is 0.335 e. The molecule has 4 nitrogen and oxygen atoms in total. The van der Waals surface area contributed by atoms with Gasteiger partial charge in [0, 0.05) is 12.0 Å². The normalized spacial score (nSPS) is 10.5. The lowest BCUT2D eigenvalue weighted by Crippen LogP contribution is -2.07. The summed E-state index contributed by atoms with van der Waals surface area (Å²) in [6, 6.07) is 3.76. The zero-order chi connectivity index (χ0) is 15.7. The fourth-order valence-corrected chi connectivity index (χ4v) is 2.26. The predicted octanol–water partition coefficient (Wildman–Crippen LogP) is 3.78. The number of hydrogen-bond donors (Lipinski definition) is 1. The molecule has 0 fully saturated rings. The number of benzene rings is 1. The van der Waals surface area contributed by atoms with E-state index in [-0.39, 0.29) is 11.3 Å². The minimum atomic E-state index is -1.29. The summed E-state index contributed by atoms with van der Waals surface area (Å²) in [5, 5.41) is 20.2. The molecule has 0 atom stereocenters. The van der Waals surface area contributed by atoms with Gasteiger partial charge in [0.25, 0.3) is 0 Å². The Balaban J connectivity index is 2.39. The molecule has 0 spiro atoms. The number of aromatic carboxylic acids is 1. The summed E-state index contributed by atoms with van der Waals surface area (Å²) in [7, 11) is 0. The molecule has 0 aromatic heterocycles. The smallest absolute Gasteiger partial charge is 0.335 e. The second kappa shape index (κ2) is 9.16. The summed E-state index contributed by atoms with van der Waals surface area (Å²) in [6.07, 6.45) is 8.30. The van der Waals surface area contributed by atoms with E-state index in [4.69, 9.17) is 5.11 Å². The van der Waals surface area contributed by atoms with E-state index >= 15 is 0 Å². The molecule has 1 aromatic carbocycles. The SMILES string of the molecule is CCCCCCCCCC(=O)c1ccc([O-])c(C(=O)O)c1. The van der Waals surface area contributed by atoms with Crippen LogP contribution in [0, 0.1) is 0 Å². The van der Waals surface area contributed by atoms with E-state index in [1.54, 1.807) is 0 Å². The van der Waals surface area contributed by atoms with Crippen molar-refractivity contribution in [3.05, 3.63) is 29.3 Å². The lowest BCUT2D eigenvalue weighted by Gasteiger charge is -2.11. The Morgan fingerprint density at radius 2 is 1.67 bits per heavy atom. The van der Waals surface area contributed by atoms with Crippen molar-refractivity contribution < 1.29 is 19.8 Å². The Morgan fingerprint density at radius 3 is 2.29 bits per heavy atom. The first-order valence-corrected chi connectivity index (χ1v) is 7.63. The van der Waals surface area contributed by atoms with Gasteiger partial charge in [-0.3, -0.25) is 4.79 Å². The zero-order valence-electron chi connectivity index (χ0n) is 12.6. The van der Waals surface area contributed by atoms with Gasteiger partial charge in [-0.05, 0) is 12.5 Å². The number of hydrogen-bond acceptors (Lipinski definition) is 3. The zero-order valence-corrected chi connectivity index (χ0v) is 12.6. The number of Topliss-reactive ketones (excluding diaryl/α,β-unsaturated/α-hetero) is 1. The lowest BCUT2D eigenvalue weighted by molar-refractivity contribution is -0.268. The molecule has 1 aromatic rings. The Kier molecular flexibility index (Phi) is 7.51. The maximum absolute atomic E-state index is 12.0. The summed E-state index contributed by atoms with van der Waals surface area (Å²) in [6.45, 7) is 2.18. The van der Waals surface area contributed by atoms with Crippen LogP contribution in [0.25, 0.3) is 0 Å². The van der Waals surface area contributed by atoms with Gasteiger partial charge < -0.3 is 10.2 Å². The molecule has 0 heterocycles. The van der Waals surface area contributed by atoms with Gasteiger partial charge >= 0.3 is 5.97 Å². The highest BCUT2D eigenvalue weighted by Crippen LogP contribution is 2.18. The van der Waals surface area contributed by atoms with Crippen LogP contribution in [0.4, 0.5) is 0 Å². The van der Waals surface area contributed by atoms with Gasteiger partial charge in [0.05, 0.1) is 5.56 Å². The highest BCUT2D eigenvalue weighted by molar-refractivity contribution is 5.99. The summed E-state index contributed by atoms with van der Waals surface area (Å²) in [5.74, 6) is -1.94. The van der Waals surface area contributed by atoms with Gasteiger partial charge in [0.1, 0.15) is 0 Å². The first-order valence-electron chi connectivity index (χ1n) is 7.63. The average molecular weight is 291 g/mol. The molecule has 116 valence electrons. The van der Waals surface area contributed by atoms with E-state index in [2.05, 4.69) is 6.92 Å². The van der Waals surface area contributed by atoms with Crippen LogP contribution in [0.15, 0.2) is 18.2 Å². The number of ketones is 1. The molecule has 0 aliphatic heterocycles. The Labute approximate surface area is 125 Å². The number of carboxylic acid groups (broad SMARTS) is 1. The monoisotopic (exact) mass is 291 g/mol. The van der Waals surface area contributed by atoms with Crippen LogP contribution in [0.3, 0.4) is 0 Å². The molecule has 0 saturated carbocycles. The first kappa shape index (κ1) is 17.2. The van der Waals surface area contributed by atoms with E-state index < -0.39 is 11.7 Å². The molecule has 0 radical (unpaired) electrons. The van der Waals surface area contributed by atoms with E-state index in [1.165, 1.54) is 37.8 Å². The van der Waals surface area contributed by atoms with Gasteiger partial charge in [-0.1, -0.05) is 63.3 Å². The number of carboxylic acids is 1. The predicted molar refractivity (Wildman–Crippen MR) is 79.8 cm³/mol. The third-order valence-corrected chi connectivity index (χ3v) is 3.54. The van der Waals surface area contributed by atoms with Crippen LogP contribution in [0.1, 0.15) is 79.0 Å². The van der Waals surface area contributed by atoms with Crippen molar-refractivity contribution in [1.82, 2.24) is 0 Å². The molecule has 0 amide bonds. The van der Waals surface area contributed by atoms with Crippen LogP contribution < -0.4 is 5.11 Å². The molecular weight excluding hydrogens is 268 g/mol. The summed E-state index contributed by atoms with van der Waals surface area (Å²) < 4.78 is 0. The minimum Gasteiger partial charge on any atom is -0.872 e. The van der Waals surface area contributed by atoms with E-state index in [1.807, 2.05) is 0 Å². The highest BCUT2D eigenvalue weighted by atomic mass is 16.4. The number of rotatable bonds is 10. The fourth-order valence-electron chi connectivity index (χ4n) is 2.26. The van der Waals surface area contributed by atoms with Gasteiger partial charge in [-0.2, -0.15) is 0 Å². The third-order valence-electron chi connectivity index (χ3n) is 3.54. The number of carbonyl (C=O) groups excluding carboxylic acids is 1. The van der Waals surface area contributed by atoms with Crippen molar-refractivity contribution >= 4 is 11.8 Å². The molecule has 1 N–H and O–H groups in total. The largest absolute Gasteiger partial charge is 0.872 e. The van der Waals surface area contributed by atoms with Crippen LogP contribution in [0.2, 0.25) is 0 Å². The standard InChI is InChI=1S/C17H24O4/c1-2-3-4-5-6-7-8-9-15(18)13-10-11-16(19)14(12-13)17(20)21/h10-12,19H,2-9H2,1H3,(H,20,21)/p-1. The second-order valence-electron chi connectivity index (χ2n) is 5.31. The first-order chi connectivity index (χ1) is 10.1. The molecule has 21 heavy (non-hydrogen) atoms. The Hall–Kier alpha value is -1.84. The topological polar surface area (TPSA) is 77.4 Å². The van der Waals surface area contributed by atoms with Crippen LogP contribution in [-0.4, -0.2) is 16.9 Å². The van der Waals surface area contributed by atoms with E-state index in [9.17, 15) is 14.7 Å². The van der Waals surface area contributed by atoms with E-state index in [0.717, 1.165) is 25.3 Å². The molecule has 0 bridgehead atoms. The molecule has 0 aliphatic rings. The Morgan fingerprint density at radius 1 is 1.05 bits per heavy atom. The minimum absolute atomic E-state index is 0.0916. The number of carbonyl (C=O) groups is 2. The van der Waals surface area contributed by atoms with Crippen molar-refractivity contribution in [2.75, 3.05) is 0 Å². The third kappa shape index (κ3) is 5.98. The average Bonchev–Trinajstić information content (AvgIpc) is 2.46. The van der Waals surface area contributed by atoms with Crippen molar-refractivity contribution in [3.8, 4) is 5.75 Å². The highest BCUT2D eigenvalue weighted by Gasteiger charge is 2.10. The van der Waals surface area contributed by atoms with Gasteiger partial charge in [0.2, 0.25) is 0 Å². The fraction of sp³-hybridized carbons (Fsp3) is 0.529. The van der Waals surface area contributed by atoms with E-state index in [0.29, 0.717) is 12.0 Å². The van der Waals surface area contributed by atoms with Gasteiger partial charge in [-0.25, -0.2) is 4.79 Å². The molecule has 0 saturated heterocycles. The summed E-state index contributed by atoms with van der Waals surface area (Å²) in [5.41, 5.74) is -0.0154. The van der Waals surface area contributed by atoms with Gasteiger partial charge in [0.15, 0.2) is 5.78 Å².